The van der Waals surface area contributed by atoms with Crippen LogP contribution in [0, 0.1) is 11.8 Å². The molecule has 0 radical (unpaired) electrons. The van der Waals surface area contributed by atoms with Crippen molar-refractivity contribution in [3.05, 3.63) is 42.7 Å². The van der Waals surface area contributed by atoms with E-state index in [0.29, 0.717) is 12.4 Å². The molecule has 0 aliphatic heterocycles. The molecule has 1 N–H and O–H groups in total. The highest BCUT2D eigenvalue weighted by molar-refractivity contribution is 5.36. The quantitative estimate of drug-likeness (QED) is 0.643. The SMILES string of the molecule is OCC#Cc1cncc(OCCCn2ccnc2)c1. The second-order valence-electron chi connectivity index (χ2n) is 3.87. The van der Waals surface area contributed by atoms with Gasteiger partial charge in [0.25, 0.3) is 0 Å². The van der Waals surface area contributed by atoms with Crippen LogP contribution >= 0.6 is 0 Å². The van der Waals surface area contributed by atoms with Crippen LogP contribution in [0.2, 0.25) is 0 Å². The van der Waals surface area contributed by atoms with E-state index in [1.807, 2.05) is 16.8 Å². The molecule has 5 heteroatoms. The molecule has 0 unspecified atom stereocenters. The monoisotopic (exact) mass is 257 g/mol. The van der Waals surface area contributed by atoms with Gasteiger partial charge in [0.1, 0.15) is 12.4 Å². The van der Waals surface area contributed by atoms with Gasteiger partial charge in [-0.25, -0.2) is 4.98 Å². The van der Waals surface area contributed by atoms with Crippen LogP contribution in [-0.4, -0.2) is 32.9 Å². The topological polar surface area (TPSA) is 60.2 Å². The lowest BCUT2D eigenvalue weighted by Gasteiger charge is -2.06. The second-order valence-corrected chi connectivity index (χ2v) is 3.87. The van der Waals surface area contributed by atoms with Crippen LogP contribution in [-0.2, 0) is 6.54 Å². The fraction of sp³-hybridized carbons (Fsp3) is 0.286. The van der Waals surface area contributed by atoms with Gasteiger partial charge in [-0.3, -0.25) is 4.98 Å². The zero-order chi connectivity index (χ0) is 13.3. The van der Waals surface area contributed by atoms with Crippen molar-refractivity contribution in [1.29, 1.82) is 0 Å². The number of rotatable bonds is 5. The Kier molecular flexibility index (Phi) is 4.96. The van der Waals surface area contributed by atoms with Crippen LogP contribution in [0.3, 0.4) is 0 Å². The molecule has 2 aromatic heterocycles. The third kappa shape index (κ3) is 4.45. The molecule has 2 aromatic rings. The summed E-state index contributed by atoms with van der Waals surface area (Å²) in [7, 11) is 0. The maximum atomic E-state index is 8.63. The van der Waals surface area contributed by atoms with Crippen LogP contribution in [0.15, 0.2) is 37.2 Å². The molecular formula is C14H15N3O2. The predicted molar refractivity (Wildman–Crippen MR) is 70.5 cm³/mol. The molecule has 0 fully saturated rings. The van der Waals surface area contributed by atoms with E-state index in [9.17, 15) is 0 Å². The molecule has 2 rings (SSSR count). The van der Waals surface area contributed by atoms with Crippen molar-refractivity contribution in [2.24, 2.45) is 0 Å². The summed E-state index contributed by atoms with van der Waals surface area (Å²) in [6, 6.07) is 1.81. The largest absolute Gasteiger partial charge is 0.492 e. The summed E-state index contributed by atoms with van der Waals surface area (Å²) in [5.74, 6) is 6.06. The number of imidazole rings is 1. The van der Waals surface area contributed by atoms with Crippen LogP contribution in [0.25, 0.3) is 0 Å². The molecule has 0 aliphatic carbocycles. The molecule has 0 aliphatic rings. The van der Waals surface area contributed by atoms with Crippen molar-refractivity contribution in [2.75, 3.05) is 13.2 Å². The first kappa shape index (κ1) is 13.1. The third-order valence-corrected chi connectivity index (χ3v) is 2.41. The predicted octanol–water partition coefficient (Wildman–Crippen LogP) is 1.09. The second kappa shape index (κ2) is 7.19. The molecule has 19 heavy (non-hydrogen) atoms. The number of aryl methyl sites for hydroxylation is 1. The highest BCUT2D eigenvalue weighted by Gasteiger charge is 1.96. The van der Waals surface area contributed by atoms with Crippen molar-refractivity contribution in [1.82, 2.24) is 14.5 Å². The number of aromatic nitrogens is 3. The Morgan fingerprint density at radius 1 is 1.32 bits per heavy atom. The van der Waals surface area contributed by atoms with Crippen LogP contribution in [0.5, 0.6) is 5.75 Å². The lowest BCUT2D eigenvalue weighted by molar-refractivity contribution is 0.300. The van der Waals surface area contributed by atoms with E-state index < -0.39 is 0 Å². The Hall–Kier alpha value is -2.32. The van der Waals surface area contributed by atoms with E-state index >= 15 is 0 Å². The van der Waals surface area contributed by atoms with Gasteiger partial charge in [-0.1, -0.05) is 11.8 Å². The minimum atomic E-state index is -0.157. The van der Waals surface area contributed by atoms with Crippen LogP contribution in [0.1, 0.15) is 12.0 Å². The Morgan fingerprint density at radius 3 is 3.05 bits per heavy atom. The minimum absolute atomic E-state index is 0.157. The van der Waals surface area contributed by atoms with Gasteiger partial charge in [0.15, 0.2) is 0 Å². The van der Waals surface area contributed by atoms with Gasteiger partial charge in [0.2, 0.25) is 0 Å². The van der Waals surface area contributed by atoms with Crippen molar-refractivity contribution < 1.29 is 9.84 Å². The molecule has 5 nitrogen and oxygen atoms in total. The number of aliphatic hydroxyl groups excluding tert-OH is 1. The van der Waals surface area contributed by atoms with Crippen LogP contribution in [0.4, 0.5) is 0 Å². The molecule has 0 amide bonds. The highest BCUT2D eigenvalue weighted by atomic mass is 16.5. The highest BCUT2D eigenvalue weighted by Crippen LogP contribution is 2.10. The fourth-order valence-electron chi connectivity index (χ4n) is 1.56. The molecule has 0 atom stereocenters. The number of hydrogen-bond acceptors (Lipinski definition) is 4. The van der Waals surface area contributed by atoms with Crippen LogP contribution < -0.4 is 4.74 Å². The van der Waals surface area contributed by atoms with Gasteiger partial charge in [0.05, 0.1) is 19.1 Å². The number of aliphatic hydroxyl groups is 1. The van der Waals surface area contributed by atoms with Crippen molar-refractivity contribution in [3.63, 3.8) is 0 Å². The van der Waals surface area contributed by atoms with E-state index in [4.69, 9.17) is 9.84 Å². The van der Waals surface area contributed by atoms with E-state index in [1.165, 1.54) is 0 Å². The average molecular weight is 257 g/mol. The maximum absolute atomic E-state index is 8.63. The third-order valence-electron chi connectivity index (χ3n) is 2.41. The lowest BCUT2D eigenvalue weighted by Crippen LogP contribution is -2.03. The van der Waals surface area contributed by atoms with E-state index in [1.54, 1.807) is 24.9 Å². The van der Waals surface area contributed by atoms with Gasteiger partial charge in [0, 0.05) is 30.7 Å². The average Bonchev–Trinajstić information content (AvgIpc) is 2.95. The first-order chi connectivity index (χ1) is 9.38. The van der Waals surface area contributed by atoms with Crippen molar-refractivity contribution in [2.45, 2.75) is 13.0 Å². The zero-order valence-corrected chi connectivity index (χ0v) is 10.5. The Bertz CT molecular complexity index is 556. The van der Waals surface area contributed by atoms with Gasteiger partial charge in [-0.2, -0.15) is 0 Å². The summed E-state index contributed by atoms with van der Waals surface area (Å²) in [4.78, 5) is 8.02. The first-order valence-corrected chi connectivity index (χ1v) is 6.02. The smallest absolute Gasteiger partial charge is 0.138 e. The summed E-state index contributed by atoms with van der Waals surface area (Å²) >= 11 is 0. The van der Waals surface area contributed by atoms with E-state index in [-0.39, 0.29) is 6.61 Å². The summed E-state index contributed by atoms with van der Waals surface area (Å²) < 4.78 is 7.60. The number of ether oxygens (including phenoxy) is 1. The summed E-state index contributed by atoms with van der Waals surface area (Å²) in [5.41, 5.74) is 0.737. The fourth-order valence-corrected chi connectivity index (χ4v) is 1.56. The summed E-state index contributed by atoms with van der Waals surface area (Å²) in [6.07, 6.45) is 9.65. The summed E-state index contributed by atoms with van der Waals surface area (Å²) in [5, 5.41) is 8.63. The standard InChI is InChI=1S/C14H15N3O2/c18-7-1-3-13-9-14(11-16-10-13)19-8-2-5-17-6-4-15-12-17/h4,6,9-12,18H,2,5,7-8H2. The van der Waals surface area contributed by atoms with Gasteiger partial charge >= 0.3 is 0 Å². The lowest BCUT2D eigenvalue weighted by atomic mass is 10.3. The minimum Gasteiger partial charge on any atom is -0.492 e. The molecule has 98 valence electrons. The Balaban J connectivity index is 1.79. The summed E-state index contributed by atoms with van der Waals surface area (Å²) in [6.45, 7) is 1.32. The molecule has 0 aromatic carbocycles. The van der Waals surface area contributed by atoms with Gasteiger partial charge in [-0.05, 0) is 12.5 Å². The normalized spacial score (nSPS) is 9.74. The maximum Gasteiger partial charge on any atom is 0.138 e. The van der Waals surface area contributed by atoms with Gasteiger partial charge in [-0.15, -0.1) is 0 Å². The van der Waals surface area contributed by atoms with Crippen molar-refractivity contribution in [3.8, 4) is 17.6 Å². The number of hydrogen-bond donors (Lipinski definition) is 1. The molecule has 0 spiro atoms. The van der Waals surface area contributed by atoms with E-state index in [2.05, 4.69) is 21.8 Å². The van der Waals surface area contributed by atoms with E-state index in [0.717, 1.165) is 18.5 Å². The number of pyridine rings is 1. The molecule has 0 saturated heterocycles. The zero-order valence-electron chi connectivity index (χ0n) is 10.5. The van der Waals surface area contributed by atoms with Crippen molar-refractivity contribution >= 4 is 0 Å². The molecular weight excluding hydrogens is 242 g/mol. The Morgan fingerprint density at radius 2 is 2.26 bits per heavy atom. The van der Waals surface area contributed by atoms with Gasteiger partial charge < -0.3 is 14.4 Å². The Labute approximate surface area is 111 Å². The molecule has 0 bridgehead atoms. The number of nitrogens with zero attached hydrogens (tertiary/aromatic N) is 3. The molecule has 0 saturated carbocycles. The first-order valence-electron chi connectivity index (χ1n) is 6.02. The molecule has 2 heterocycles.